The van der Waals surface area contributed by atoms with E-state index in [4.69, 9.17) is 5.73 Å². The van der Waals surface area contributed by atoms with Crippen molar-refractivity contribution in [3.8, 4) is 0 Å². The number of piperidine rings is 1. The van der Waals surface area contributed by atoms with Crippen molar-refractivity contribution in [3.05, 3.63) is 23.5 Å². The van der Waals surface area contributed by atoms with Crippen molar-refractivity contribution < 1.29 is 4.79 Å². The molecular formula is C18H27N5O. The number of likely N-dealkylation sites (tertiary alicyclic amines) is 1. The number of carbonyl (C=O) groups excluding carboxylic acids is 1. The SMILES string of the molecule is Cc1nc2c(cnn2C(C)C)cc1C(=O)N1CCCC(C(C)N)C1. The van der Waals surface area contributed by atoms with Crippen molar-refractivity contribution >= 4 is 16.9 Å². The molecule has 1 fully saturated rings. The predicted octanol–water partition coefficient (Wildman–Crippen LogP) is 2.52. The van der Waals surface area contributed by atoms with Crippen LogP contribution in [0.3, 0.4) is 0 Å². The van der Waals surface area contributed by atoms with E-state index < -0.39 is 0 Å². The van der Waals surface area contributed by atoms with E-state index >= 15 is 0 Å². The van der Waals surface area contributed by atoms with E-state index in [9.17, 15) is 4.79 Å². The van der Waals surface area contributed by atoms with Gasteiger partial charge < -0.3 is 10.6 Å². The van der Waals surface area contributed by atoms with Gasteiger partial charge in [0.1, 0.15) is 0 Å². The number of amides is 1. The molecule has 1 saturated heterocycles. The Labute approximate surface area is 143 Å². The fourth-order valence-corrected chi connectivity index (χ4v) is 3.45. The number of nitrogens with two attached hydrogens (primary N) is 1. The third-order valence-corrected chi connectivity index (χ3v) is 4.97. The summed E-state index contributed by atoms with van der Waals surface area (Å²) in [6.07, 6.45) is 3.90. The summed E-state index contributed by atoms with van der Waals surface area (Å²) in [6, 6.07) is 2.29. The highest BCUT2D eigenvalue weighted by Crippen LogP contribution is 2.24. The summed E-state index contributed by atoms with van der Waals surface area (Å²) in [4.78, 5) is 19.6. The zero-order chi connectivity index (χ0) is 17.4. The molecule has 0 aromatic carbocycles. The van der Waals surface area contributed by atoms with Crippen LogP contribution in [-0.2, 0) is 0 Å². The molecule has 2 atom stereocenters. The first kappa shape index (κ1) is 16.9. The van der Waals surface area contributed by atoms with Gasteiger partial charge in [0.2, 0.25) is 0 Å². The van der Waals surface area contributed by atoms with E-state index in [2.05, 4.69) is 23.9 Å². The Morgan fingerprint density at radius 1 is 1.38 bits per heavy atom. The van der Waals surface area contributed by atoms with Gasteiger partial charge in [-0.05, 0) is 52.5 Å². The Bertz CT molecular complexity index is 749. The average Bonchev–Trinajstić information content (AvgIpc) is 2.96. The molecule has 6 nitrogen and oxygen atoms in total. The summed E-state index contributed by atoms with van der Waals surface area (Å²) in [7, 11) is 0. The lowest BCUT2D eigenvalue weighted by atomic mass is 9.91. The van der Waals surface area contributed by atoms with Gasteiger partial charge in [-0.1, -0.05) is 0 Å². The zero-order valence-electron chi connectivity index (χ0n) is 15.0. The highest BCUT2D eigenvalue weighted by molar-refractivity contribution is 5.98. The van der Waals surface area contributed by atoms with Gasteiger partial charge in [0.15, 0.2) is 5.65 Å². The van der Waals surface area contributed by atoms with E-state index in [1.54, 1.807) is 6.20 Å². The third kappa shape index (κ3) is 3.02. The van der Waals surface area contributed by atoms with Crippen LogP contribution in [0.2, 0.25) is 0 Å². The first-order chi connectivity index (χ1) is 11.4. The third-order valence-electron chi connectivity index (χ3n) is 4.97. The molecule has 2 N–H and O–H groups in total. The second-order valence-electron chi connectivity index (χ2n) is 7.23. The molecule has 2 unspecified atom stereocenters. The molecule has 24 heavy (non-hydrogen) atoms. The maximum Gasteiger partial charge on any atom is 0.255 e. The maximum absolute atomic E-state index is 13.0. The summed E-state index contributed by atoms with van der Waals surface area (Å²) in [6.45, 7) is 9.61. The molecule has 1 amide bonds. The highest BCUT2D eigenvalue weighted by atomic mass is 16.2. The van der Waals surface area contributed by atoms with Crippen LogP contribution in [0, 0.1) is 12.8 Å². The summed E-state index contributed by atoms with van der Waals surface area (Å²) >= 11 is 0. The van der Waals surface area contributed by atoms with Crippen molar-refractivity contribution in [2.75, 3.05) is 13.1 Å². The Hall–Kier alpha value is -1.95. The zero-order valence-corrected chi connectivity index (χ0v) is 15.0. The Morgan fingerprint density at radius 2 is 2.12 bits per heavy atom. The topological polar surface area (TPSA) is 77.0 Å². The summed E-state index contributed by atoms with van der Waals surface area (Å²) in [5.74, 6) is 0.438. The van der Waals surface area contributed by atoms with Gasteiger partial charge in [0.25, 0.3) is 5.91 Å². The van der Waals surface area contributed by atoms with Crippen LogP contribution < -0.4 is 5.73 Å². The van der Waals surface area contributed by atoms with Gasteiger partial charge in [-0.25, -0.2) is 9.67 Å². The molecule has 2 aromatic heterocycles. The number of pyridine rings is 1. The molecule has 0 radical (unpaired) electrons. The van der Waals surface area contributed by atoms with Crippen LogP contribution in [-0.4, -0.2) is 44.7 Å². The second-order valence-corrected chi connectivity index (χ2v) is 7.23. The van der Waals surface area contributed by atoms with Crippen LogP contribution in [0.25, 0.3) is 11.0 Å². The molecule has 6 heteroatoms. The number of aromatic nitrogens is 3. The molecule has 0 spiro atoms. The minimum absolute atomic E-state index is 0.0598. The smallest absolute Gasteiger partial charge is 0.255 e. The van der Waals surface area contributed by atoms with Crippen LogP contribution in [0.1, 0.15) is 55.7 Å². The van der Waals surface area contributed by atoms with Gasteiger partial charge in [-0.2, -0.15) is 5.10 Å². The summed E-state index contributed by atoms with van der Waals surface area (Å²) < 4.78 is 1.89. The molecule has 0 bridgehead atoms. The fourth-order valence-electron chi connectivity index (χ4n) is 3.45. The van der Waals surface area contributed by atoms with Gasteiger partial charge in [-0.3, -0.25) is 4.79 Å². The van der Waals surface area contributed by atoms with Gasteiger partial charge in [-0.15, -0.1) is 0 Å². The first-order valence-electron chi connectivity index (χ1n) is 8.78. The fraction of sp³-hybridized carbons (Fsp3) is 0.611. The number of aryl methyl sites for hydroxylation is 1. The van der Waals surface area contributed by atoms with Crippen LogP contribution in [0.4, 0.5) is 0 Å². The van der Waals surface area contributed by atoms with E-state index in [1.165, 1.54) is 0 Å². The number of hydrogen-bond acceptors (Lipinski definition) is 4. The molecule has 1 aliphatic rings. The van der Waals surface area contributed by atoms with Gasteiger partial charge in [0, 0.05) is 30.6 Å². The largest absolute Gasteiger partial charge is 0.338 e. The van der Waals surface area contributed by atoms with Crippen LogP contribution in [0.15, 0.2) is 12.3 Å². The van der Waals surface area contributed by atoms with Crippen molar-refractivity contribution in [2.45, 2.75) is 52.6 Å². The van der Waals surface area contributed by atoms with Gasteiger partial charge >= 0.3 is 0 Å². The Balaban J connectivity index is 1.91. The standard InChI is InChI=1S/C18H27N5O/c1-11(2)23-17-15(9-20-23)8-16(13(4)21-17)18(24)22-7-5-6-14(10-22)12(3)19/h8-9,11-12,14H,5-7,10,19H2,1-4H3. The second kappa shape index (κ2) is 6.51. The van der Waals surface area contributed by atoms with Gasteiger partial charge in [0.05, 0.1) is 17.5 Å². The quantitative estimate of drug-likeness (QED) is 0.938. The predicted molar refractivity (Wildman–Crippen MR) is 94.9 cm³/mol. The monoisotopic (exact) mass is 329 g/mol. The number of carbonyl (C=O) groups is 1. The van der Waals surface area contributed by atoms with Crippen molar-refractivity contribution in [1.29, 1.82) is 0 Å². The number of rotatable bonds is 3. The van der Waals surface area contributed by atoms with Crippen LogP contribution >= 0.6 is 0 Å². The lowest BCUT2D eigenvalue weighted by Crippen LogP contribution is -2.45. The average molecular weight is 329 g/mol. The van der Waals surface area contributed by atoms with Crippen LogP contribution in [0.5, 0.6) is 0 Å². The molecule has 2 aromatic rings. The van der Waals surface area contributed by atoms with Crippen molar-refractivity contribution in [2.24, 2.45) is 11.7 Å². The lowest BCUT2D eigenvalue weighted by Gasteiger charge is -2.34. The first-order valence-corrected chi connectivity index (χ1v) is 8.78. The van der Waals surface area contributed by atoms with E-state index in [0.717, 1.165) is 42.7 Å². The Kier molecular flexibility index (Phi) is 4.58. The number of nitrogens with zero attached hydrogens (tertiary/aromatic N) is 4. The molecule has 3 rings (SSSR count). The highest BCUT2D eigenvalue weighted by Gasteiger charge is 2.28. The molecule has 0 saturated carbocycles. The van der Waals surface area contributed by atoms with Crippen molar-refractivity contribution in [3.63, 3.8) is 0 Å². The minimum atomic E-state index is 0.0598. The summed E-state index contributed by atoms with van der Waals surface area (Å²) in [5.41, 5.74) is 8.32. The van der Waals surface area contributed by atoms with E-state index in [-0.39, 0.29) is 18.0 Å². The van der Waals surface area contributed by atoms with E-state index in [1.807, 2.05) is 29.5 Å². The Morgan fingerprint density at radius 3 is 2.79 bits per heavy atom. The molecule has 1 aliphatic heterocycles. The molecular weight excluding hydrogens is 302 g/mol. The normalized spacial score (nSPS) is 19.9. The maximum atomic E-state index is 13.0. The van der Waals surface area contributed by atoms with E-state index in [0.29, 0.717) is 11.5 Å². The number of fused-ring (bicyclic) bond motifs is 1. The lowest BCUT2D eigenvalue weighted by molar-refractivity contribution is 0.0660. The number of hydrogen-bond donors (Lipinski definition) is 1. The summed E-state index contributed by atoms with van der Waals surface area (Å²) in [5, 5.41) is 5.31. The molecule has 130 valence electrons. The minimum Gasteiger partial charge on any atom is -0.338 e. The molecule has 3 heterocycles. The van der Waals surface area contributed by atoms with Crippen molar-refractivity contribution in [1.82, 2.24) is 19.7 Å². The molecule has 0 aliphatic carbocycles.